The van der Waals surface area contributed by atoms with Crippen molar-refractivity contribution in [2.24, 2.45) is 0 Å². The number of carbonyl (C=O) groups is 2. The number of carbonyl (C=O) groups excluding carboxylic acids is 1. The summed E-state index contributed by atoms with van der Waals surface area (Å²) in [5.41, 5.74) is 5.36. The molecule has 3 aromatic carbocycles. The van der Waals surface area contributed by atoms with Gasteiger partial charge in [0.1, 0.15) is 11.6 Å². The Morgan fingerprint density at radius 2 is 1.67 bits per heavy atom. The molecule has 0 radical (unpaired) electrons. The van der Waals surface area contributed by atoms with Crippen LogP contribution in [0.25, 0.3) is 11.1 Å². The first-order valence-electron chi connectivity index (χ1n) is 15.3. The summed E-state index contributed by atoms with van der Waals surface area (Å²) in [5, 5.41) is 21.4. The zero-order valence-corrected chi connectivity index (χ0v) is 26.1. The topological polar surface area (TPSA) is 103 Å². The lowest BCUT2D eigenvalue weighted by Gasteiger charge is -2.22. The van der Waals surface area contributed by atoms with Crippen LogP contribution in [0.15, 0.2) is 66.7 Å². The summed E-state index contributed by atoms with van der Waals surface area (Å²) in [6, 6.07) is 22.1. The lowest BCUT2D eigenvalue weighted by molar-refractivity contribution is -0.140. The molecule has 1 aliphatic rings. The van der Waals surface area contributed by atoms with Crippen molar-refractivity contribution >= 4 is 17.8 Å². The van der Waals surface area contributed by atoms with E-state index in [1.807, 2.05) is 56.3 Å². The fourth-order valence-corrected chi connectivity index (χ4v) is 5.44. The Kier molecular flexibility index (Phi) is 9.95. The second-order valence-corrected chi connectivity index (χ2v) is 12.4. The fraction of sp³-hybridized carbons (Fsp3) is 0.417. The molecule has 43 heavy (non-hydrogen) atoms. The van der Waals surface area contributed by atoms with Gasteiger partial charge in [0.2, 0.25) is 0 Å². The quantitative estimate of drug-likeness (QED) is 0.150. The maximum Gasteiger partial charge on any atom is 0.323 e. The van der Waals surface area contributed by atoms with E-state index in [-0.39, 0.29) is 11.4 Å². The van der Waals surface area contributed by atoms with Gasteiger partial charge in [0.05, 0.1) is 12.0 Å². The molecule has 0 bridgehead atoms. The van der Waals surface area contributed by atoms with E-state index in [1.54, 1.807) is 0 Å². The van der Waals surface area contributed by atoms with Gasteiger partial charge in [-0.1, -0.05) is 75.4 Å². The summed E-state index contributed by atoms with van der Waals surface area (Å²) in [6.07, 6.45) is 3.22. The van der Waals surface area contributed by atoms with Gasteiger partial charge in [-0.2, -0.15) is 0 Å². The Hall–Kier alpha value is -4.13. The third-order valence-corrected chi connectivity index (χ3v) is 8.24. The van der Waals surface area contributed by atoms with Crippen LogP contribution in [0.3, 0.4) is 0 Å². The number of nitrogens with one attached hydrogen (secondary N) is 2. The molecule has 2 amide bonds. The van der Waals surface area contributed by atoms with Crippen LogP contribution in [0.5, 0.6) is 5.75 Å². The van der Waals surface area contributed by atoms with Gasteiger partial charge < -0.3 is 15.2 Å². The molecule has 0 heterocycles. The smallest absolute Gasteiger partial charge is 0.323 e. The average Bonchev–Trinajstić information content (AvgIpc) is 3.79. The van der Waals surface area contributed by atoms with Gasteiger partial charge in [0.15, 0.2) is 0 Å². The van der Waals surface area contributed by atoms with Crippen molar-refractivity contribution in [2.45, 2.75) is 84.1 Å². The zero-order valence-electron chi connectivity index (χ0n) is 26.1. The van der Waals surface area contributed by atoms with Crippen molar-refractivity contribution in [2.75, 3.05) is 13.2 Å². The third-order valence-electron chi connectivity index (χ3n) is 8.24. The summed E-state index contributed by atoms with van der Waals surface area (Å²) in [5.74, 6) is 0.147. The van der Waals surface area contributed by atoms with Crippen molar-refractivity contribution in [3.8, 4) is 16.9 Å². The average molecular weight is 584 g/mol. The van der Waals surface area contributed by atoms with Crippen molar-refractivity contribution < 1.29 is 19.4 Å². The van der Waals surface area contributed by atoms with Crippen LogP contribution < -0.4 is 10.1 Å². The molecule has 1 saturated carbocycles. The molecule has 0 atom stereocenters. The Labute approximate surface area is 255 Å². The molecular weight excluding hydrogens is 538 g/mol. The Morgan fingerprint density at radius 3 is 2.28 bits per heavy atom. The van der Waals surface area contributed by atoms with Gasteiger partial charge in [-0.15, -0.1) is 0 Å². The van der Waals surface area contributed by atoms with Gasteiger partial charge in [0.25, 0.3) is 0 Å². The molecular formula is C36H45N3O4. The first-order valence-corrected chi connectivity index (χ1v) is 15.3. The molecule has 0 spiro atoms. The van der Waals surface area contributed by atoms with Gasteiger partial charge in [-0.3, -0.25) is 15.1 Å². The first-order chi connectivity index (χ1) is 20.5. The molecule has 0 aromatic heterocycles. The van der Waals surface area contributed by atoms with E-state index in [9.17, 15) is 14.7 Å². The van der Waals surface area contributed by atoms with Gasteiger partial charge in [-0.25, -0.2) is 4.79 Å². The van der Waals surface area contributed by atoms with Crippen molar-refractivity contribution in [3.63, 3.8) is 0 Å². The standard InChI is InChI=1S/C36H45N3O4/c1-6-39(34(42)38-24-26-14-17-29(18-15-26)35(3,4)5)32(37)13-9-11-25-10-8-12-27(22-25)28-16-19-31(43-7-2)30(23-28)36(20-21-36)33(40)41/h8,10,12,14-19,22-23,37H,6-7,9,11,13,20-21,24H2,1-5H3,(H,38,42)(H,40,41). The predicted octanol–water partition coefficient (Wildman–Crippen LogP) is 7.70. The van der Waals surface area contributed by atoms with Crippen LogP contribution in [0.1, 0.15) is 82.6 Å². The largest absolute Gasteiger partial charge is 0.494 e. The minimum Gasteiger partial charge on any atom is -0.494 e. The normalized spacial score (nSPS) is 13.7. The van der Waals surface area contributed by atoms with Gasteiger partial charge >= 0.3 is 12.0 Å². The van der Waals surface area contributed by atoms with E-state index in [0.717, 1.165) is 40.7 Å². The molecule has 1 fully saturated rings. The zero-order chi connectivity index (χ0) is 31.2. The van der Waals surface area contributed by atoms with Crippen LogP contribution >= 0.6 is 0 Å². The maximum atomic E-state index is 12.9. The van der Waals surface area contributed by atoms with Crippen LogP contribution in [-0.4, -0.2) is 41.0 Å². The molecule has 4 rings (SSSR count). The van der Waals surface area contributed by atoms with Crippen LogP contribution in [-0.2, 0) is 28.6 Å². The number of carboxylic acids is 1. The molecule has 7 heteroatoms. The van der Waals surface area contributed by atoms with Crippen LogP contribution in [0.4, 0.5) is 4.79 Å². The third kappa shape index (κ3) is 7.64. The molecule has 3 aromatic rings. The second kappa shape index (κ2) is 13.4. The number of hydrogen-bond donors (Lipinski definition) is 3. The van der Waals surface area contributed by atoms with Crippen molar-refractivity contribution in [1.29, 1.82) is 5.41 Å². The molecule has 0 saturated heterocycles. The lowest BCUT2D eigenvalue weighted by Crippen LogP contribution is -2.43. The second-order valence-electron chi connectivity index (χ2n) is 12.4. The number of carboxylic acid groups (broad SMARTS) is 1. The van der Waals surface area contributed by atoms with Crippen LogP contribution in [0, 0.1) is 5.41 Å². The Bertz CT molecular complexity index is 1450. The number of urea groups is 1. The summed E-state index contributed by atoms with van der Waals surface area (Å²) >= 11 is 0. The molecule has 7 nitrogen and oxygen atoms in total. The van der Waals surface area contributed by atoms with Crippen molar-refractivity contribution in [3.05, 3.63) is 89.0 Å². The summed E-state index contributed by atoms with van der Waals surface area (Å²) in [4.78, 5) is 26.5. The van der Waals surface area contributed by atoms with E-state index in [4.69, 9.17) is 10.1 Å². The predicted molar refractivity (Wildman–Crippen MR) is 172 cm³/mol. The molecule has 1 aliphatic carbocycles. The molecule has 228 valence electrons. The molecule has 0 aliphatic heterocycles. The number of hydrogen-bond acceptors (Lipinski definition) is 4. The van der Waals surface area contributed by atoms with E-state index in [0.29, 0.717) is 50.5 Å². The van der Waals surface area contributed by atoms with Gasteiger partial charge in [0, 0.05) is 25.1 Å². The Morgan fingerprint density at radius 1 is 0.977 bits per heavy atom. The minimum atomic E-state index is -0.854. The first kappa shape index (κ1) is 31.8. The van der Waals surface area contributed by atoms with Crippen molar-refractivity contribution in [1.82, 2.24) is 10.2 Å². The highest BCUT2D eigenvalue weighted by atomic mass is 16.5. The summed E-state index contributed by atoms with van der Waals surface area (Å²) < 4.78 is 5.79. The lowest BCUT2D eigenvalue weighted by atomic mass is 9.87. The number of ether oxygens (including phenoxy) is 1. The number of amides is 2. The number of benzene rings is 3. The van der Waals surface area contributed by atoms with E-state index >= 15 is 0 Å². The Balaban J connectivity index is 1.34. The van der Waals surface area contributed by atoms with E-state index in [1.165, 1.54) is 10.5 Å². The minimum absolute atomic E-state index is 0.0808. The summed E-state index contributed by atoms with van der Waals surface area (Å²) in [6.45, 7) is 11.6. The number of nitrogens with zero attached hydrogens (tertiary/aromatic N) is 1. The van der Waals surface area contributed by atoms with Gasteiger partial charge in [-0.05, 0) is 84.9 Å². The fourth-order valence-electron chi connectivity index (χ4n) is 5.44. The highest BCUT2D eigenvalue weighted by molar-refractivity contribution is 5.95. The number of rotatable bonds is 12. The number of aliphatic carboxylic acids is 1. The summed E-state index contributed by atoms with van der Waals surface area (Å²) in [7, 11) is 0. The maximum absolute atomic E-state index is 12.9. The van der Waals surface area contributed by atoms with E-state index < -0.39 is 11.4 Å². The van der Waals surface area contributed by atoms with Crippen LogP contribution in [0.2, 0.25) is 0 Å². The highest BCUT2D eigenvalue weighted by Crippen LogP contribution is 2.52. The molecule has 3 N–H and O–H groups in total. The highest BCUT2D eigenvalue weighted by Gasteiger charge is 2.53. The monoisotopic (exact) mass is 583 g/mol. The SMILES string of the molecule is CCOc1ccc(-c2cccc(CCCC(=N)N(CC)C(=O)NCc3ccc(C(C)(C)C)cc3)c2)cc1C1(C(=O)O)CC1. The molecule has 0 unspecified atom stereocenters. The van der Waals surface area contributed by atoms with E-state index in [2.05, 4.69) is 50.4 Å². The number of amidine groups is 1. The number of aryl methyl sites for hydroxylation is 1.